The Morgan fingerprint density at radius 3 is 1.02 bits per heavy atom. The molecular formula is C45H58O15. The number of carbonyl (C=O) groups is 1. The van der Waals surface area contributed by atoms with Gasteiger partial charge in [-0.1, -0.05) is 24.3 Å². The molecule has 0 unspecified atom stereocenters. The summed E-state index contributed by atoms with van der Waals surface area (Å²) in [6.07, 6.45) is 0.313. The molecule has 0 aromatic heterocycles. The monoisotopic (exact) mass is 838 g/mol. The van der Waals surface area contributed by atoms with Crippen LogP contribution in [0.4, 0.5) is 0 Å². The number of ether oxygens (including phenoxy) is 8. The van der Waals surface area contributed by atoms with E-state index >= 15 is 4.79 Å². The van der Waals surface area contributed by atoms with Crippen molar-refractivity contribution in [1.82, 2.24) is 0 Å². The molecule has 0 atom stereocenters. The fraction of sp³-hybridized carbons (Fsp3) is 0.444. The molecule has 328 valence electrons. The Labute approximate surface area is 350 Å². The molecule has 0 radical (unpaired) electrons. The van der Waals surface area contributed by atoms with Crippen molar-refractivity contribution in [1.29, 1.82) is 0 Å². The van der Waals surface area contributed by atoms with Crippen LogP contribution in [0.2, 0.25) is 0 Å². The zero-order valence-corrected chi connectivity index (χ0v) is 33.9. The molecule has 0 aliphatic heterocycles. The summed E-state index contributed by atoms with van der Waals surface area (Å²) in [5.41, 5.74) is 4.28. The van der Waals surface area contributed by atoms with Gasteiger partial charge >= 0.3 is 0 Å². The molecule has 15 heteroatoms. The largest absolute Gasteiger partial charge is 0.491 e. The van der Waals surface area contributed by atoms with Crippen molar-refractivity contribution in [3.05, 3.63) is 95.1 Å². The van der Waals surface area contributed by atoms with E-state index in [9.17, 15) is 10.2 Å². The molecule has 0 amide bonds. The maximum Gasteiger partial charge on any atom is 0.194 e. The maximum atomic E-state index is 15.2. The molecule has 0 aliphatic carbocycles. The van der Waals surface area contributed by atoms with Crippen LogP contribution >= 0.6 is 0 Å². The maximum absolute atomic E-state index is 15.2. The van der Waals surface area contributed by atoms with E-state index in [1.54, 1.807) is 48.5 Å². The average Bonchev–Trinajstić information content (AvgIpc) is 3.27. The predicted molar refractivity (Wildman–Crippen MR) is 222 cm³/mol. The molecule has 4 rings (SSSR count). The molecule has 0 heterocycles. The predicted octanol–water partition coefficient (Wildman–Crippen LogP) is 2.87. The van der Waals surface area contributed by atoms with Crippen molar-refractivity contribution >= 4 is 5.78 Å². The zero-order valence-electron chi connectivity index (χ0n) is 33.9. The number of rotatable bonds is 32. The number of carbonyl (C=O) groups excluding carboxylic acids is 1. The third-order valence-electron chi connectivity index (χ3n) is 8.94. The van der Waals surface area contributed by atoms with Gasteiger partial charge in [0.05, 0.1) is 79.3 Å². The molecule has 0 spiro atoms. The number of benzene rings is 4. The lowest BCUT2D eigenvalue weighted by atomic mass is 9.84. The second kappa shape index (κ2) is 28.0. The van der Waals surface area contributed by atoms with Gasteiger partial charge in [-0.3, -0.25) is 4.79 Å². The Morgan fingerprint density at radius 2 is 0.700 bits per heavy atom. The third kappa shape index (κ3) is 14.8. The number of aliphatic hydroxyl groups excluding tert-OH is 6. The van der Waals surface area contributed by atoms with Gasteiger partial charge in [0.15, 0.2) is 5.78 Å². The SMILES string of the molecule is O=C(c1ccc(OCCOCCO)c(CCO)c1-c1ccc(OCCOCCO)cc1)c1ccc(OCCOCCO)c(CCO)c1-c1ccc(OCCOCCO)cc1. The first-order chi connectivity index (χ1) is 29.5. The van der Waals surface area contributed by atoms with Gasteiger partial charge in [0.25, 0.3) is 0 Å². The standard InChI is InChI=1S/C45H58O15/c46-15-13-37-41(59-31-27-55-23-19-50)11-9-39(43(37)33-1-5-35(6-2-33)57-29-25-53-21-17-48)45(52)40-10-12-42(60-32-28-56-24-20-51)38(14-16-47)44(40)34-3-7-36(8-4-34)58-30-26-54-22-18-49/h1-12,46-51H,13-32H2. The first-order valence-electron chi connectivity index (χ1n) is 20.1. The fourth-order valence-corrected chi connectivity index (χ4v) is 6.39. The number of hydrogen-bond acceptors (Lipinski definition) is 15. The lowest BCUT2D eigenvalue weighted by molar-refractivity contribution is 0.0702. The third-order valence-corrected chi connectivity index (χ3v) is 8.94. The summed E-state index contributed by atoms with van der Waals surface area (Å²) in [6.45, 7) is 1.70. The smallest absolute Gasteiger partial charge is 0.194 e. The van der Waals surface area contributed by atoms with Crippen molar-refractivity contribution in [2.75, 3.05) is 119 Å². The van der Waals surface area contributed by atoms with Crippen LogP contribution in [0, 0.1) is 0 Å². The second-order valence-corrected chi connectivity index (χ2v) is 13.0. The summed E-state index contributed by atoms with van der Waals surface area (Å²) in [4.78, 5) is 15.2. The van der Waals surface area contributed by atoms with Crippen molar-refractivity contribution < 1.29 is 73.3 Å². The van der Waals surface area contributed by atoms with Crippen molar-refractivity contribution in [2.45, 2.75) is 12.8 Å². The number of aliphatic hydroxyl groups is 6. The Balaban J connectivity index is 1.83. The number of ketones is 1. The minimum absolute atomic E-state index is 0.0845. The van der Waals surface area contributed by atoms with E-state index in [2.05, 4.69) is 0 Å². The van der Waals surface area contributed by atoms with E-state index < -0.39 is 0 Å². The van der Waals surface area contributed by atoms with E-state index in [0.717, 1.165) is 0 Å². The Hall–Kier alpha value is -4.65. The van der Waals surface area contributed by atoms with Gasteiger partial charge in [0.1, 0.15) is 49.4 Å². The molecule has 0 saturated heterocycles. The Bertz CT molecular complexity index is 1680. The van der Waals surface area contributed by atoms with Crippen molar-refractivity contribution in [3.8, 4) is 45.3 Å². The first-order valence-corrected chi connectivity index (χ1v) is 20.1. The van der Waals surface area contributed by atoms with Gasteiger partial charge in [0, 0.05) is 35.5 Å². The summed E-state index contributed by atoms with van der Waals surface area (Å²) >= 11 is 0. The molecule has 0 bridgehead atoms. The van der Waals surface area contributed by atoms with Crippen LogP contribution in [0.3, 0.4) is 0 Å². The Morgan fingerprint density at radius 1 is 0.367 bits per heavy atom. The van der Waals surface area contributed by atoms with Gasteiger partial charge in [-0.2, -0.15) is 0 Å². The normalized spacial score (nSPS) is 11.2. The summed E-state index contributed by atoms with van der Waals surface area (Å²) in [5, 5.41) is 56.9. The van der Waals surface area contributed by atoms with Gasteiger partial charge in [-0.05, 0) is 83.6 Å². The van der Waals surface area contributed by atoms with Crippen molar-refractivity contribution in [3.63, 3.8) is 0 Å². The van der Waals surface area contributed by atoms with Crippen LogP contribution in [0.15, 0.2) is 72.8 Å². The molecule has 6 N–H and O–H groups in total. The van der Waals surface area contributed by atoms with Crippen LogP contribution in [-0.2, 0) is 31.8 Å². The quantitative estimate of drug-likeness (QED) is 0.0309. The van der Waals surface area contributed by atoms with Gasteiger partial charge in [0.2, 0.25) is 0 Å². The summed E-state index contributed by atoms with van der Waals surface area (Å²) in [7, 11) is 0. The molecule has 4 aromatic carbocycles. The van der Waals surface area contributed by atoms with E-state index in [1.165, 1.54) is 0 Å². The molecule has 0 fully saturated rings. The highest BCUT2D eigenvalue weighted by molar-refractivity contribution is 6.17. The van der Waals surface area contributed by atoms with E-state index in [0.29, 0.717) is 80.7 Å². The van der Waals surface area contributed by atoms with Crippen molar-refractivity contribution in [2.24, 2.45) is 0 Å². The van der Waals surface area contributed by atoms with E-state index in [1.807, 2.05) is 24.3 Å². The van der Waals surface area contributed by atoms with Crippen LogP contribution in [-0.4, -0.2) is 155 Å². The summed E-state index contributed by atoms with van der Waals surface area (Å²) in [5.74, 6) is 1.70. The van der Waals surface area contributed by atoms with Gasteiger partial charge in [-0.25, -0.2) is 0 Å². The lowest BCUT2D eigenvalue weighted by Gasteiger charge is -2.22. The summed E-state index contributed by atoms with van der Waals surface area (Å²) in [6, 6.07) is 21.2. The molecule has 0 aliphatic rings. The van der Waals surface area contributed by atoms with Gasteiger partial charge in [-0.15, -0.1) is 0 Å². The molecule has 4 aromatic rings. The highest BCUT2D eigenvalue weighted by Gasteiger charge is 2.26. The molecule has 15 nitrogen and oxygen atoms in total. The van der Waals surface area contributed by atoms with Crippen LogP contribution in [0.25, 0.3) is 22.3 Å². The zero-order chi connectivity index (χ0) is 42.8. The minimum atomic E-state index is -0.336. The van der Waals surface area contributed by atoms with Crippen LogP contribution in [0.5, 0.6) is 23.0 Å². The minimum Gasteiger partial charge on any atom is -0.491 e. The second-order valence-electron chi connectivity index (χ2n) is 13.0. The molecular weight excluding hydrogens is 780 g/mol. The van der Waals surface area contributed by atoms with Gasteiger partial charge < -0.3 is 68.5 Å². The number of hydrogen-bond donors (Lipinski definition) is 6. The lowest BCUT2D eigenvalue weighted by Crippen LogP contribution is -2.14. The molecule has 0 saturated carbocycles. The van der Waals surface area contributed by atoms with E-state index in [-0.39, 0.29) is 124 Å². The molecule has 60 heavy (non-hydrogen) atoms. The highest BCUT2D eigenvalue weighted by atomic mass is 16.5. The van der Waals surface area contributed by atoms with Crippen LogP contribution in [0.1, 0.15) is 27.0 Å². The topological polar surface area (TPSA) is 212 Å². The summed E-state index contributed by atoms with van der Waals surface area (Å²) < 4.78 is 45.4. The Kier molecular flexibility index (Phi) is 22.4. The van der Waals surface area contributed by atoms with Crippen LogP contribution < -0.4 is 18.9 Å². The average molecular weight is 839 g/mol. The highest BCUT2D eigenvalue weighted by Crippen LogP contribution is 2.41. The first kappa shape index (κ1) is 48.0. The fourth-order valence-electron chi connectivity index (χ4n) is 6.39. The van der Waals surface area contributed by atoms with E-state index in [4.69, 9.17) is 58.3 Å².